The molecule has 0 aliphatic heterocycles. The van der Waals surface area contributed by atoms with Crippen LogP contribution in [-0.2, 0) is 0 Å². The molecule has 5 aromatic rings. The number of nitro groups is 1. The number of non-ortho nitro benzene ring substituents is 1. The Morgan fingerprint density at radius 2 is 1.70 bits per heavy atom. The van der Waals surface area contributed by atoms with Crippen LogP contribution in [0.15, 0.2) is 94.3 Å². The third kappa shape index (κ3) is 3.42. The molecule has 0 atom stereocenters. The molecule has 30 heavy (non-hydrogen) atoms. The monoisotopic (exact) mass is 393 g/mol. The molecule has 144 valence electrons. The number of aliphatic imine (C=N–C) groups is 1. The summed E-state index contributed by atoms with van der Waals surface area (Å²) in [6.07, 6.45) is 1.66. The molecule has 5 rings (SSSR count). The lowest BCUT2D eigenvalue weighted by Crippen LogP contribution is -1.88. The van der Waals surface area contributed by atoms with Crippen LogP contribution in [0.5, 0.6) is 0 Å². The van der Waals surface area contributed by atoms with E-state index in [9.17, 15) is 10.1 Å². The summed E-state index contributed by atoms with van der Waals surface area (Å²) in [7, 11) is 0. The van der Waals surface area contributed by atoms with Gasteiger partial charge in [0.15, 0.2) is 5.58 Å². The first-order valence-electron chi connectivity index (χ1n) is 9.34. The predicted molar refractivity (Wildman–Crippen MR) is 117 cm³/mol. The number of hydrogen-bond donors (Lipinski definition) is 0. The number of nitro benzene ring substituents is 1. The molecule has 0 amide bonds. The highest BCUT2D eigenvalue weighted by Crippen LogP contribution is 2.29. The molecular formula is C24H15N3O3. The molecule has 1 heterocycles. The van der Waals surface area contributed by atoms with Gasteiger partial charge < -0.3 is 4.42 Å². The van der Waals surface area contributed by atoms with Crippen molar-refractivity contribution in [2.24, 2.45) is 4.99 Å². The Bertz CT molecular complexity index is 1420. The van der Waals surface area contributed by atoms with Crippen LogP contribution < -0.4 is 0 Å². The third-order valence-corrected chi connectivity index (χ3v) is 4.84. The smallest absolute Gasteiger partial charge is 0.269 e. The van der Waals surface area contributed by atoms with E-state index in [4.69, 9.17) is 4.42 Å². The summed E-state index contributed by atoms with van der Waals surface area (Å²) in [6.45, 7) is 0. The molecule has 0 unspecified atom stereocenters. The van der Waals surface area contributed by atoms with Gasteiger partial charge in [-0.2, -0.15) is 0 Å². The molecule has 0 N–H and O–H groups in total. The molecule has 0 radical (unpaired) electrons. The average molecular weight is 393 g/mol. The highest BCUT2D eigenvalue weighted by molar-refractivity contribution is 5.88. The van der Waals surface area contributed by atoms with E-state index < -0.39 is 4.92 Å². The molecule has 0 aliphatic rings. The van der Waals surface area contributed by atoms with Crippen molar-refractivity contribution in [3.8, 4) is 11.5 Å². The van der Waals surface area contributed by atoms with Crippen LogP contribution in [0.4, 0.5) is 11.4 Å². The highest BCUT2D eigenvalue weighted by Gasteiger charge is 2.09. The third-order valence-electron chi connectivity index (χ3n) is 4.84. The zero-order chi connectivity index (χ0) is 20.5. The van der Waals surface area contributed by atoms with Gasteiger partial charge in [-0.1, -0.05) is 30.3 Å². The molecule has 0 fully saturated rings. The Balaban J connectivity index is 1.43. The number of aromatic nitrogens is 1. The largest absolute Gasteiger partial charge is 0.436 e. The number of rotatable bonds is 4. The normalized spacial score (nSPS) is 11.5. The summed E-state index contributed by atoms with van der Waals surface area (Å²) in [6, 6.07) is 26.1. The summed E-state index contributed by atoms with van der Waals surface area (Å²) in [4.78, 5) is 19.4. The van der Waals surface area contributed by atoms with Crippen LogP contribution in [0.3, 0.4) is 0 Å². The maximum atomic E-state index is 10.7. The Hall–Kier alpha value is -4.32. The minimum absolute atomic E-state index is 0.0523. The Morgan fingerprint density at radius 1 is 0.900 bits per heavy atom. The van der Waals surface area contributed by atoms with Gasteiger partial charge in [0, 0.05) is 30.0 Å². The summed E-state index contributed by atoms with van der Waals surface area (Å²) in [5, 5.41) is 13.0. The second-order valence-electron chi connectivity index (χ2n) is 6.84. The molecule has 0 bridgehead atoms. The van der Waals surface area contributed by atoms with E-state index in [1.54, 1.807) is 18.3 Å². The summed E-state index contributed by atoms with van der Waals surface area (Å²) in [5.41, 5.74) is 3.86. The molecule has 6 nitrogen and oxygen atoms in total. The van der Waals surface area contributed by atoms with Crippen molar-refractivity contribution in [1.29, 1.82) is 0 Å². The van der Waals surface area contributed by atoms with Crippen molar-refractivity contribution in [3.05, 3.63) is 101 Å². The number of fused-ring (bicyclic) bond motifs is 2. The van der Waals surface area contributed by atoms with E-state index in [1.165, 1.54) is 17.5 Å². The molecular weight excluding hydrogens is 378 g/mol. The van der Waals surface area contributed by atoms with Gasteiger partial charge in [0.05, 0.1) is 10.6 Å². The topological polar surface area (TPSA) is 81.5 Å². The Kier molecular flexibility index (Phi) is 4.29. The first kappa shape index (κ1) is 17.8. The number of oxazole rings is 1. The summed E-state index contributed by atoms with van der Waals surface area (Å²) >= 11 is 0. The van der Waals surface area contributed by atoms with Crippen LogP contribution in [-0.4, -0.2) is 16.1 Å². The van der Waals surface area contributed by atoms with Crippen LogP contribution in [0.1, 0.15) is 5.56 Å². The van der Waals surface area contributed by atoms with Crippen molar-refractivity contribution in [3.63, 3.8) is 0 Å². The molecule has 0 saturated carbocycles. The summed E-state index contributed by atoms with van der Waals surface area (Å²) in [5.74, 6) is 0.562. The van der Waals surface area contributed by atoms with Gasteiger partial charge in [-0.25, -0.2) is 4.98 Å². The van der Waals surface area contributed by atoms with E-state index in [2.05, 4.69) is 34.2 Å². The number of nitrogens with zero attached hydrogens (tertiary/aromatic N) is 3. The van der Waals surface area contributed by atoms with Gasteiger partial charge in [-0.3, -0.25) is 15.1 Å². The zero-order valence-corrected chi connectivity index (χ0v) is 15.7. The maximum absolute atomic E-state index is 10.7. The highest BCUT2D eigenvalue weighted by atomic mass is 16.6. The second-order valence-corrected chi connectivity index (χ2v) is 6.84. The maximum Gasteiger partial charge on any atom is 0.269 e. The van der Waals surface area contributed by atoms with E-state index >= 15 is 0 Å². The molecule has 6 heteroatoms. The van der Waals surface area contributed by atoms with Gasteiger partial charge >= 0.3 is 0 Å². The fourth-order valence-electron chi connectivity index (χ4n) is 3.27. The molecule has 0 saturated heterocycles. The minimum Gasteiger partial charge on any atom is -0.436 e. The van der Waals surface area contributed by atoms with Crippen LogP contribution >= 0.6 is 0 Å². The predicted octanol–water partition coefficient (Wildman–Crippen LogP) is 6.31. The SMILES string of the molecule is O=[N+]([O-])c1ccc(C=Nc2ccc3nc(-c4ccc5ccccc5c4)oc3c2)cc1. The van der Waals surface area contributed by atoms with Crippen molar-refractivity contribution >= 4 is 39.5 Å². The Morgan fingerprint density at radius 3 is 2.50 bits per heavy atom. The quantitative estimate of drug-likeness (QED) is 0.204. The molecule has 4 aromatic carbocycles. The van der Waals surface area contributed by atoms with Gasteiger partial charge in [0.1, 0.15) is 5.52 Å². The van der Waals surface area contributed by atoms with E-state index in [1.807, 2.05) is 36.4 Å². The standard InChI is InChI=1S/C24H15N3O3/c28-27(29)21-10-5-16(6-11-21)15-25-20-9-12-22-23(14-20)30-24(26-22)19-8-7-17-3-1-2-4-18(17)13-19/h1-15H. The average Bonchev–Trinajstić information content (AvgIpc) is 3.21. The van der Waals surface area contributed by atoms with E-state index in [-0.39, 0.29) is 5.69 Å². The van der Waals surface area contributed by atoms with Gasteiger partial charge in [0.25, 0.3) is 5.69 Å². The van der Waals surface area contributed by atoms with Crippen LogP contribution in [0, 0.1) is 10.1 Å². The van der Waals surface area contributed by atoms with Crippen LogP contribution in [0.2, 0.25) is 0 Å². The van der Waals surface area contributed by atoms with Gasteiger partial charge in [0.2, 0.25) is 5.89 Å². The summed E-state index contributed by atoms with van der Waals surface area (Å²) < 4.78 is 5.98. The lowest BCUT2D eigenvalue weighted by atomic mass is 10.1. The van der Waals surface area contributed by atoms with E-state index in [0.29, 0.717) is 17.2 Å². The molecule has 1 aromatic heterocycles. The van der Waals surface area contributed by atoms with E-state index in [0.717, 1.165) is 22.0 Å². The Labute approximate surface area is 171 Å². The van der Waals surface area contributed by atoms with Crippen molar-refractivity contribution in [2.45, 2.75) is 0 Å². The van der Waals surface area contributed by atoms with Crippen molar-refractivity contribution < 1.29 is 9.34 Å². The lowest BCUT2D eigenvalue weighted by molar-refractivity contribution is -0.384. The number of hydrogen-bond acceptors (Lipinski definition) is 5. The van der Waals surface area contributed by atoms with Crippen LogP contribution in [0.25, 0.3) is 33.3 Å². The lowest BCUT2D eigenvalue weighted by Gasteiger charge is -1.99. The fourth-order valence-corrected chi connectivity index (χ4v) is 3.27. The first-order valence-corrected chi connectivity index (χ1v) is 9.34. The minimum atomic E-state index is -0.425. The zero-order valence-electron chi connectivity index (χ0n) is 15.7. The molecule has 0 spiro atoms. The van der Waals surface area contributed by atoms with Crippen molar-refractivity contribution in [2.75, 3.05) is 0 Å². The second kappa shape index (κ2) is 7.25. The number of benzene rings is 4. The first-order chi connectivity index (χ1) is 14.7. The van der Waals surface area contributed by atoms with Gasteiger partial charge in [-0.15, -0.1) is 0 Å². The molecule has 0 aliphatic carbocycles. The van der Waals surface area contributed by atoms with Gasteiger partial charge in [-0.05, 0) is 52.7 Å². The fraction of sp³-hybridized carbons (Fsp3) is 0. The van der Waals surface area contributed by atoms with Crippen molar-refractivity contribution in [1.82, 2.24) is 4.98 Å².